The number of anilines is 1. The van der Waals surface area contributed by atoms with Crippen molar-refractivity contribution >= 4 is 28.5 Å². The number of urea groups is 1. The second-order valence-electron chi connectivity index (χ2n) is 4.15. The second kappa shape index (κ2) is 5.87. The molecule has 0 saturated carbocycles. The van der Waals surface area contributed by atoms with E-state index in [4.69, 9.17) is 11.5 Å². The smallest absolute Gasteiger partial charge is 0.312 e. The number of aromatic nitrogens is 1. The van der Waals surface area contributed by atoms with Gasteiger partial charge in [0.1, 0.15) is 5.82 Å². The van der Waals surface area contributed by atoms with E-state index in [1.54, 1.807) is 0 Å². The zero-order valence-electron chi connectivity index (χ0n) is 10.7. The lowest BCUT2D eigenvalue weighted by Gasteiger charge is -2.09. The van der Waals surface area contributed by atoms with Crippen LogP contribution >= 0.6 is 0 Å². The quantitative estimate of drug-likeness (QED) is 0.595. The van der Waals surface area contributed by atoms with Gasteiger partial charge >= 0.3 is 6.03 Å². The van der Waals surface area contributed by atoms with Gasteiger partial charge in [0.15, 0.2) is 0 Å². The Morgan fingerprint density at radius 3 is 2.45 bits per heavy atom. The van der Waals surface area contributed by atoms with Crippen LogP contribution in [0.5, 0.6) is 0 Å². The largest absolute Gasteiger partial charge is 0.383 e. The molecule has 3 amide bonds. The van der Waals surface area contributed by atoms with Crippen molar-refractivity contribution < 1.29 is 9.59 Å². The molecule has 0 saturated heterocycles. The third kappa shape index (κ3) is 2.94. The maximum atomic E-state index is 12.1. The summed E-state index contributed by atoms with van der Waals surface area (Å²) in [6.45, 7) is 0.544. The SMILES string of the molecule is NC(=O)NCCNC(=O)c1cnc(N)c2ccccc12. The number of carbonyl (C=O) groups excluding carboxylic acids is 2. The fourth-order valence-corrected chi connectivity index (χ4v) is 1.85. The Hall–Kier alpha value is -2.83. The highest BCUT2D eigenvalue weighted by molar-refractivity contribution is 6.08. The van der Waals surface area contributed by atoms with Crippen molar-refractivity contribution in [1.82, 2.24) is 15.6 Å². The molecule has 0 fully saturated rings. The number of hydrogen-bond donors (Lipinski definition) is 4. The lowest BCUT2D eigenvalue weighted by Crippen LogP contribution is -2.37. The zero-order valence-corrected chi connectivity index (χ0v) is 10.7. The van der Waals surface area contributed by atoms with E-state index in [-0.39, 0.29) is 19.0 Å². The Kier molecular flexibility index (Phi) is 3.99. The molecule has 0 aliphatic rings. The molecule has 0 bridgehead atoms. The van der Waals surface area contributed by atoms with Crippen LogP contribution in [0.3, 0.4) is 0 Å². The molecule has 0 aliphatic heterocycles. The number of amides is 3. The van der Waals surface area contributed by atoms with Gasteiger partial charge in [0.25, 0.3) is 5.91 Å². The molecule has 1 aromatic carbocycles. The molecule has 6 N–H and O–H groups in total. The van der Waals surface area contributed by atoms with Crippen LogP contribution in [-0.4, -0.2) is 30.0 Å². The van der Waals surface area contributed by atoms with Crippen LogP contribution in [-0.2, 0) is 0 Å². The lowest BCUT2D eigenvalue weighted by atomic mass is 10.1. The van der Waals surface area contributed by atoms with E-state index in [0.717, 1.165) is 10.8 Å². The van der Waals surface area contributed by atoms with E-state index in [1.165, 1.54) is 6.20 Å². The summed E-state index contributed by atoms with van der Waals surface area (Å²) in [7, 11) is 0. The van der Waals surface area contributed by atoms with Crippen molar-refractivity contribution in [2.45, 2.75) is 0 Å². The van der Waals surface area contributed by atoms with Gasteiger partial charge in [-0.3, -0.25) is 4.79 Å². The Balaban J connectivity index is 2.14. The Morgan fingerprint density at radius 2 is 1.75 bits per heavy atom. The normalized spacial score (nSPS) is 10.2. The first-order valence-corrected chi connectivity index (χ1v) is 6.04. The highest BCUT2D eigenvalue weighted by Crippen LogP contribution is 2.22. The van der Waals surface area contributed by atoms with Crippen molar-refractivity contribution in [2.24, 2.45) is 5.73 Å². The summed E-state index contributed by atoms with van der Waals surface area (Å²) in [6.07, 6.45) is 1.44. The third-order valence-electron chi connectivity index (χ3n) is 2.78. The standard InChI is InChI=1S/C13H15N5O2/c14-11-9-4-2-1-3-8(9)10(7-18-11)12(19)16-5-6-17-13(15)20/h1-4,7H,5-6H2,(H2,14,18)(H,16,19)(H3,15,17,20). The number of nitrogens with one attached hydrogen (secondary N) is 2. The van der Waals surface area contributed by atoms with Crippen molar-refractivity contribution in [3.05, 3.63) is 36.0 Å². The number of nitrogens with two attached hydrogens (primary N) is 2. The third-order valence-corrected chi connectivity index (χ3v) is 2.78. The number of fused-ring (bicyclic) bond motifs is 1. The first kappa shape index (κ1) is 13.6. The molecule has 0 radical (unpaired) electrons. The van der Waals surface area contributed by atoms with E-state index in [1.807, 2.05) is 24.3 Å². The van der Waals surface area contributed by atoms with E-state index < -0.39 is 6.03 Å². The summed E-state index contributed by atoms with van der Waals surface area (Å²) in [4.78, 5) is 26.6. The van der Waals surface area contributed by atoms with Gasteiger partial charge in [0.2, 0.25) is 0 Å². The number of pyridine rings is 1. The average Bonchev–Trinajstić information content (AvgIpc) is 2.44. The maximum Gasteiger partial charge on any atom is 0.312 e. The minimum absolute atomic E-state index is 0.265. The highest BCUT2D eigenvalue weighted by atomic mass is 16.2. The summed E-state index contributed by atoms with van der Waals surface area (Å²) >= 11 is 0. The van der Waals surface area contributed by atoms with Gasteiger partial charge in [-0.1, -0.05) is 24.3 Å². The first-order valence-electron chi connectivity index (χ1n) is 6.04. The molecule has 2 aromatic rings. The van der Waals surface area contributed by atoms with Crippen molar-refractivity contribution in [1.29, 1.82) is 0 Å². The fraction of sp³-hybridized carbons (Fsp3) is 0.154. The van der Waals surface area contributed by atoms with Crippen LogP contribution in [0.4, 0.5) is 10.6 Å². The van der Waals surface area contributed by atoms with Gasteiger partial charge in [-0.15, -0.1) is 0 Å². The molecule has 0 spiro atoms. The summed E-state index contributed by atoms with van der Waals surface area (Å²) in [5, 5.41) is 6.53. The summed E-state index contributed by atoms with van der Waals surface area (Å²) in [6, 6.07) is 6.65. The van der Waals surface area contributed by atoms with Crippen LogP contribution in [0.2, 0.25) is 0 Å². The molecule has 0 aliphatic carbocycles. The predicted octanol–water partition coefficient (Wildman–Crippen LogP) is 0.215. The van der Waals surface area contributed by atoms with Gasteiger partial charge in [-0.2, -0.15) is 0 Å². The van der Waals surface area contributed by atoms with Crippen molar-refractivity contribution in [3.8, 4) is 0 Å². The molecule has 1 heterocycles. The van der Waals surface area contributed by atoms with Gasteiger partial charge in [0, 0.05) is 24.7 Å². The molecular weight excluding hydrogens is 258 g/mol. The number of primary amides is 1. The van der Waals surface area contributed by atoms with Crippen LogP contribution in [0, 0.1) is 0 Å². The summed E-state index contributed by atoms with van der Waals surface area (Å²) in [5.41, 5.74) is 11.1. The summed E-state index contributed by atoms with van der Waals surface area (Å²) < 4.78 is 0. The highest BCUT2D eigenvalue weighted by Gasteiger charge is 2.11. The van der Waals surface area contributed by atoms with Gasteiger partial charge in [-0.05, 0) is 5.39 Å². The minimum Gasteiger partial charge on any atom is -0.383 e. The van der Waals surface area contributed by atoms with Gasteiger partial charge in [-0.25, -0.2) is 9.78 Å². The molecule has 0 atom stereocenters. The fourth-order valence-electron chi connectivity index (χ4n) is 1.85. The number of carbonyl (C=O) groups is 2. The number of rotatable bonds is 4. The van der Waals surface area contributed by atoms with E-state index >= 15 is 0 Å². The van der Waals surface area contributed by atoms with Gasteiger partial charge in [0.05, 0.1) is 5.56 Å². The Labute approximate surface area is 115 Å². The Bertz CT molecular complexity index is 656. The first-order chi connectivity index (χ1) is 9.59. The van der Waals surface area contributed by atoms with Crippen LogP contribution in [0.25, 0.3) is 10.8 Å². The molecule has 104 valence electrons. The number of benzene rings is 1. The number of nitrogen functional groups attached to an aromatic ring is 1. The van der Waals surface area contributed by atoms with Crippen molar-refractivity contribution in [3.63, 3.8) is 0 Å². The lowest BCUT2D eigenvalue weighted by molar-refractivity contribution is 0.0955. The minimum atomic E-state index is -0.626. The number of hydrogen-bond acceptors (Lipinski definition) is 4. The van der Waals surface area contributed by atoms with E-state index in [2.05, 4.69) is 15.6 Å². The molecule has 20 heavy (non-hydrogen) atoms. The monoisotopic (exact) mass is 273 g/mol. The second-order valence-corrected chi connectivity index (χ2v) is 4.15. The topological polar surface area (TPSA) is 123 Å². The molecule has 2 rings (SSSR count). The van der Waals surface area contributed by atoms with Crippen LogP contribution < -0.4 is 22.1 Å². The molecule has 0 unspecified atom stereocenters. The maximum absolute atomic E-state index is 12.1. The summed E-state index contributed by atoms with van der Waals surface area (Å²) in [5.74, 6) is 0.104. The van der Waals surface area contributed by atoms with E-state index in [0.29, 0.717) is 11.4 Å². The van der Waals surface area contributed by atoms with Crippen molar-refractivity contribution in [2.75, 3.05) is 18.8 Å². The van der Waals surface area contributed by atoms with Crippen LogP contribution in [0.15, 0.2) is 30.5 Å². The van der Waals surface area contributed by atoms with Crippen LogP contribution in [0.1, 0.15) is 10.4 Å². The van der Waals surface area contributed by atoms with E-state index in [9.17, 15) is 9.59 Å². The Morgan fingerprint density at radius 1 is 1.10 bits per heavy atom. The predicted molar refractivity (Wildman–Crippen MR) is 76.1 cm³/mol. The molecular formula is C13H15N5O2. The number of nitrogens with zero attached hydrogens (tertiary/aromatic N) is 1. The average molecular weight is 273 g/mol. The van der Waals surface area contributed by atoms with Gasteiger partial charge < -0.3 is 22.1 Å². The zero-order chi connectivity index (χ0) is 14.5. The molecule has 7 nitrogen and oxygen atoms in total. The molecule has 7 heteroatoms. The molecule has 1 aromatic heterocycles.